The Balaban J connectivity index is 1.95. The maximum absolute atomic E-state index is 11.1. The lowest BCUT2D eigenvalue weighted by molar-refractivity contribution is 0.100. The van der Waals surface area contributed by atoms with Crippen LogP contribution in [0.5, 0.6) is 0 Å². The summed E-state index contributed by atoms with van der Waals surface area (Å²) >= 11 is 0. The predicted octanol–water partition coefficient (Wildman–Crippen LogP) is 2.02. The molecule has 0 unspecified atom stereocenters. The van der Waals surface area contributed by atoms with Crippen LogP contribution < -0.4 is 5.73 Å². The smallest absolute Gasteiger partial charge is 0.248 e. The Kier molecular flexibility index (Phi) is 2.76. The van der Waals surface area contributed by atoms with Crippen molar-refractivity contribution in [1.29, 1.82) is 0 Å². The van der Waals surface area contributed by atoms with Crippen molar-refractivity contribution >= 4 is 11.6 Å². The number of benzene rings is 1. The van der Waals surface area contributed by atoms with E-state index >= 15 is 0 Å². The Hall–Kier alpha value is -2.62. The van der Waals surface area contributed by atoms with Gasteiger partial charge < -0.3 is 10.1 Å². The van der Waals surface area contributed by atoms with Crippen molar-refractivity contribution < 1.29 is 4.79 Å². The maximum Gasteiger partial charge on any atom is 0.248 e. The summed E-state index contributed by atoms with van der Waals surface area (Å²) in [4.78, 5) is 15.6. The van der Waals surface area contributed by atoms with Crippen LogP contribution in [-0.2, 0) is 6.42 Å². The fourth-order valence-corrected chi connectivity index (χ4v) is 2.08. The number of hydrogen-bond acceptors (Lipinski definition) is 2. The lowest BCUT2D eigenvalue weighted by atomic mass is 10.1. The molecule has 0 bridgehead atoms. The molecule has 4 nitrogen and oxygen atoms in total. The van der Waals surface area contributed by atoms with Crippen LogP contribution >= 0.6 is 0 Å². The molecular formula is C15H13N3O. The van der Waals surface area contributed by atoms with Crippen molar-refractivity contribution in [1.82, 2.24) is 9.38 Å². The second-order valence-corrected chi connectivity index (χ2v) is 4.44. The van der Waals surface area contributed by atoms with E-state index in [0.717, 1.165) is 17.8 Å². The van der Waals surface area contributed by atoms with Gasteiger partial charge in [-0.3, -0.25) is 4.79 Å². The van der Waals surface area contributed by atoms with Crippen molar-refractivity contribution in [2.24, 2.45) is 5.73 Å². The molecule has 0 aliphatic carbocycles. The highest BCUT2D eigenvalue weighted by atomic mass is 16.1. The van der Waals surface area contributed by atoms with Gasteiger partial charge in [0.05, 0.1) is 5.69 Å². The molecule has 94 valence electrons. The number of carbonyl (C=O) groups excluding carboxylic acids is 1. The first-order valence-electron chi connectivity index (χ1n) is 6.04. The molecule has 2 N–H and O–H groups in total. The van der Waals surface area contributed by atoms with Gasteiger partial charge in [-0.2, -0.15) is 0 Å². The first kappa shape index (κ1) is 11.5. The second-order valence-electron chi connectivity index (χ2n) is 4.44. The molecule has 0 fully saturated rings. The zero-order valence-corrected chi connectivity index (χ0v) is 10.3. The number of pyridine rings is 1. The van der Waals surface area contributed by atoms with Gasteiger partial charge in [-0.05, 0) is 17.7 Å². The van der Waals surface area contributed by atoms with Gasteiger partial charge in [-0.15, -0.1) is 0 Å². The number of amides is 1. The van der Waals surface area contributed by atoms with E-state index in [0.29, 0.717) is 5.56 Å². The van der Waals surface area contributed by atoms with Gasteiger partial charge in [0, 0.05) is 24.4 Å². The van der Waals surface area contributed by atoms with Crippen LogP contribution in [-0.4, -0.2) is 15.3 Å². The highest BCUT2D eigenvalue weighted by Crippen LogP contribution is 2.12. The molecule has 4 heteroatoms. The third-order valence-electron chi connectivity index (χ3n) is 3.02. The van der Waals surface area contributed by atoms with Crippen molar-refractivity contribution in [2.45, 2.75) is 6.42 Å². The molecule has 0 radical (unpaired) electrons. The summed E-state index contributed by atoms with van der Waals surface area (Å²) in [6.45, 7) is 0. The number of primary amides is 1. The number of imidazole rings is 1. The third-order valence-corrected chi connectivity index (χ3v) is 3.02. The average Bonchev–Trinajstić information content (AvgIpc) is 2.80. The maximum atomic E-state index is 11.1. The summed E-state index contributed by atoms with van der Waals surface area (Å²) in [5.41, 5.74) is 8.65. The summed E-state index contributed by atoms with van der Waals surface area (Å²) in [5, 5.41) is 0. The van der Waals surface area contributed by atoms with Crippen LogP contribution in [0, 0.1) is 0 Å². The van der Waals surface area contributed by atoms with E-state index in [-0.39, 0.29) is 0 Å². The molecule has 0 aliphatic heterocycles. The minimum atomic E-state index is -0.435. The first-order chi connectivity index (χ1) is 9.22. The largest absolute Gasteiger partial charge is 0.366 e. The van der Waals surface area contributed by atoms with Gasteiger partial charge >= 0.3 is 0 Å². The summed E-state index contributed by atoms with van der Waals surface area (Å²) in [7, 11) is 0. The summed E-state index contributed by atoms with van der Waals surface area (Å²) in [5.74, 6) is -0.435. The van der Waals surface area contributed by atoms with Crippen LogP contribution in [0.2, 0.25) is 0 Å². The molecule has 0 aliphatic rings. The van der Waals surface area contributed by atoms with E-state index in [4.69, 9.17) is 5.73 Å². The van der Waals surface area contributed by atoms with Gasteiger partial charge in [-0.1, -0.05) is 30.3 Å². The standard InChI is InChI=1S/C15H13N3O/c16-15(19)12-6-7-18-10-13(17-14(18)9-12)8-11-4-2-1-3-5-11/h1-7,9-10H,8H2,(H2,16,19). The minimum absolute atomic E-state index is 0.435. The molecule has 3 rings (SSSR count). The molecule has 0 saturated carbocycles. The number of fused-ring (bicyclic) bond motifs is 1. The Bertz CT molecular complexity index is 731. The molecule has 1 amide bonds. The van der Waals surface area contributed by atoms with Crippen molar-refractivity contribution in [3.8, 4) is 0 Å². The SMILES string of the molecule is NC(=O)c1ccn2cc(Cc3ccccc3)nc2c1. The zero-order valence-electron chi connectivity index (χ0n) is 10.3. The van der Waals surface area contributed by atoms with Gasteiger partial charge in [-0.25, -0.2) is 4.98 Å². The van der Waals surface area contributed by atoms with Crippen molar-refractivity contribution in [3.63, 3.8) is 0 Å². The van der Waals surface area contributed by atoms with Crippen LogP contribution in [0.15, 0.2) is 54.9 Å². The second kappa shape index (κ2) is 4.57. The number of hydrogen-bond donors (Lipinski definition) is 1. The highest BCUT2D eigenvalue weighted by Gasteiger charge is 2.06. The molecule has 0 saturated heterocycles. The van der Waals surface area contributed by atoms with Crippen LogP contribution in [0.3, 0.4) is 0 Å². The van der Waals surface area contributed by atoms with Gasteiger partial charge in [0.25, 0.3) is 0 Å². The van der Waals surface area contributed by atoms with Crippen LogP contribution in [0.4, 0.5) is 0 Å². The minimum Gasteiger partial charge on any atom is -0.366 e. The molecule has 0 atom stereocenters. The quantitative estimate of drug-likeness (QED) is 0.774. The van der Waals surface area contributed by atoms with Crippen LogP contribution in [0.1, 0.15) is 21.6 Å². The predicted molar refractivity (Wildman–Crippen MR) is 73.0 cm³/mol. The lowest BCUT2D eigenvalue weighted by Gasteiger charge is -1.95. The third kappa shape index (κ3) is 2.33. The van der Waals surface area contributed by atoms with Crippen molar-refractivity contribution in [3.05, 3.63) is 71.7 Å². The monoisotopic (exact) mass is 251 g/mol. The molecule has 2 heterocycles. The zero-order chi connectivity index (χ0) is 13.2. The first-order valence-corrected chi connectivity index (χ1v) is 6.04. The normalized spacial score (nSPS) is 10.7. The van der Waals surface area contributed by atoms with E-state index in [1.54, 1.807) is 18.3 Å². The van der Waals surface area contributed by atoms with E-state index in [2.05, 4.69) is 17.1 Å². The Labute approximate surface area is 110 Å². The van der Waals surface area contributed by atoms with E-state index in [9.17, 15) is 4.79 Å². The number of aromatic nitrogens is 2. The average molecular weight is 251 g/mol. The number of nitrogens with two attached hydrogens (primary N) is 1. The summed E-state index contributed by atoms with van der Waals surface area (Å²) in [6.07, 6.45) is 4.54. The molecule has 3 aromatic rings. The van der Waals surface area contributed by atoms with E-state index in [1.807, 2.05) is 28.8 Å². The molecular weight excluding hydrogens is 238 g/mol. The number of carbonyl (C=O) groups is 1. The van der Waals surface area contributed by atoms with Crippen molar-refractivity contribution in [2.75, 3.05) is 0 Å². The molecule has 19 heavy (non-hydrogen) atoms. The topological polar surface area (TPSA) is 60.4 Å². The Morgan fingerprint density at radius 1 is 1.21 bits per heavy atom. The van der Waals surface area contributed by atoms with Crippen LogP contribution in [0.25, 0.3) is 5.65 Å². The fraction of sp³-hybridized carbons (Fsp3) is 0.0667. The van der Waals surface area contributed by atoms with Gasteiger partial charge in [0.2, 0.25) is 5.91 Å². The molecule has 1 aromatic carbocycles. The number of nitrogens with zero attached hydrogens (tertiary/aromatic N) is 2. The molecule has 2 aromatic heterocycles. The van der Waals surface area contributed by atoms with E-state index < -0.39 is 5.91 Å². The Morgan fingerprint density at radius 2 is 2.00 bits per heavy atom. The van der Waals surface area contributed by atoms with E-state index in [1.165, 1.54) is 5.56 Å². The fourth-order valence-electron chi connectivity index (χ4n) is 2.08. The van der Waals surface area contributed by atoms with Gasteiger partial charge in [0.1, 0.15) is 5.65 Å². The number of rotatable bonds is 3. The highest BCUT2D eigenvalue weighted by molar-refractivity contribution is 5.93. The summed E-state index contributed by atoms with van der Waals surface area (Å²) in [6, 6.07) is 13.6. The Morgan fingerprint density at radius 3 is 2.74 bits per heavy atom. The summed E-state index contributed by atoms with van der Waals surface area (Å²) < 4.78 is 1.89. The lowest BCUT2D eigenvalue weighted by Crippen LogP contribution is -2.10. The molecule has 0 spiro atoms. The van der Waals surface area contributed by atoms with Gasteiger partial charge in [0.15, 0.2) is 0 Å².